The molecule has 0 unspecified atom stereocenters. The van der Waals surface area contributed by atoms with Crippen LogP contribution in [0.4, 0.5) is 0 Å². The summed E-state index contributed by atoms with van der Waals surface area (Å²) in [6, 6.07) is 18.2. The highest BCUT2D eigenvalue weighted by Gasteiger charge is 2.43. The Morgan fingerprint density at radius 1 is 1.17 bits per heavy atom. The first kappa shape index (κ1) is 21.0. The number of amides is 1. The Balaban J connectivity index is 0.00000240. The zero-order valence-corrected chi connectivity index (χ0v) is 16.9. The highest BCUT2D eigenvalue weighted by Crippen LogP contribution is 2.32. The first-order valence-electron chi connectivity index (χ1n) is 9.38. The Labute approximate surface area is 175 Å². The number of nitrogens with one attached hydrogen (secondary N) is 2. The summed E-state index contributed by atoms with van der Waals surface area (Å²) in [6.07, 6.45) is -0.238. The highest BCUT2D eigenvalue weighted by molar-refractivity contribution is 6.06. The molecule has 1 fully saturated rings. The fourth-order valence-electron chi connectivity index (χ4n) is 4.02. The minimum absolute atomic E-state index is 0. The molecule has 2 atom stereocenters. The van der Waals surface area contributed by atoms with Gasteiger partial charge < -0.3 is 20.3 Å². The van der Waals surface area contributed by atoms with Crippen LogP contribution in [0, 0.1) is 0 Å². The number of nitrogens with zero attached hydrogens (tertiary/aromatic N) is 1. The average Bonchev–Trinajstić information content (AvgIpc) is 2.73. The smallest absolute Gasteiger partial charge is 0.252 e. The molecule has 4 rings (SSSR count). The third kappa shape index (κ3) is 3.67. The molecule has 7 heteroatoms. The zero-order valence-electron chi connectivity index (χ0n) is 16.1. The van der Waals surface area contributed by atoms with Gasteiger partial charge in [-0.15, -0.1) is 12.4 Å². The van der Waals surface area contributed by atoms with Crippen LogP contribution in [0.15, 0.2) is 65.5 Å². The van der Waals surface area contributed by atoms with Crippen molar-refractivity contribution < 1.29 is 9.90 Å². The maximum Gasteiger partial charge on any atom is 0.252 e. The number of aliphatic hydroxyl groups is 1. The molecule has 1 saturated heterocycles. The maximum absolute atomic E-state index is 13.3. The van der Waals surface area contributed by atoms with Gasteiger partial charge in [0.05, 0.1) is 22.7 Å². The highest BCUT2D eigenvalue weighted by atomic mass is 35.5. The van der Waals surface area contributed by atoms with E-state index in [9.17, 15) is 14.7 Å². The number of halogens is 1. The number of rotatable bonds is 3. The normalized spacial score (nSPS) is 21.4. The van der Waals surface area contributed by atoms with Gasteiger partial charge in [-0.05, 0) is 24.6 Å². The van der Waals surface area contributed by atoms with Crippen LogP contribution in [0.2, 0.25) is 0 Å². The zero-order chi connectivity index (χ0) is 19.7. The maximum atomic E-state index is 13.3. The van der Waals surface area contributed by atoms with Crippen molar-refractivity contribution in [3.63, 3.8) is 0 Å². The number of pyridine rings is 1. The Kier molecular flexibility index (Phi) is 6.07. The van der Waals surface area contributed by atoms with Gasteiger partial charge in [0.25, 0.3) is 11.5 Å². The number of hydrogen-bond acceptors (Lipinski definition) is 4. The lowest BCUT2D eigenvalue weighted by Gasteiger charge is -2.43. The van der Waals surface area contributed by atoms with Crippen LogP contribution >= 0.6 is 12.4 Å². The SMILES string of the molecule is Cl.Cn1c(=O)cc(C(=O)N[C@]2(c3ccccc3)CCNC[C@H]2O)c2ccccc21. The second kappa shape index (κ2) is 8.37. The lowest BCUT2D eigenvalue weighted by Crippen LogP contribution is -2.61. The van der Waals surface area contributed by atoms with Crippen molar-refractivity contribution in [2.24, 2.45) is 7.05 Å². The van der Waals surface area contributed by atoms with E-state index in [1.165, 1.54) is 10.6 Å². The summed E-state index contributed by atoms with van der Waals surface area (Å²) in [5.74, 6) is -0.362. The van der Waals surface area contributed by atoms with Gasteiger partial charge in [-0.3, -0.25) is 9.59 Å². The molecule has 3 aromatic rings. The van der Waals surface area contributed by atoms with Gasteiger partial charge in [-0.1, -0.05) is 48.5 Å². The second-order valence-corrected chi connectivity index (χ2v) is 7.23. The minimum atomic E-state index is -0.911. The van der Waals surface area contributed by atoms with Crippen molar-refractivity contribution in [2.75, 3.05) is 13.1 Å². The number of para-hydroxylation sites is 1. The molecule has 1 aliphatic heterocycles. The third-order valence-electron chi connectivity index (χ3n) is 5.63. The Morgan fingerprint density at radius 2 is 1.86 bits per heavy atom. The van der Waals surface area contributed by atoms with Crippen LogP contribution in [0.5, 0.6) is 0 Å². The molecule has 0 spiro atoms. The van der Waals surface area contributed by atoms with Crippen molar-refractivity contribution in [3.05, 3.63) is 82.1 Å². The van der Waals surface area contributed by atoms with Crippen molar-refractivity contribution in [2.45, 2.75) is 18.1 Å². The second-order valence-electron chi connectivity index (χ2n) is 7.23. The van der Waals surface area contributed by atoms with Crippen LogP contribution < -0.4 is 16.2 Å². The molecule has 29 heavy (non-hydrogen) atoms. The lowest BCUT2D eigenvalue weighted by molar-refractivity contribution is 0.0290. The molecule has 0 radical (unpaired) electrons. The van der Waals surface area contributed by atoms with E-state index < -0.39 is 11.6 Å². The predicted molar refractivity (Wildman–Crippen MR) is 116 cm³/mol. The molecule has 6 nitrogen and oxygen atoms in total. The van der Waals surface area contributed by atoms with E-state index in [2.05, 4.69) is 10.6 Å². The van der Waals surface area contributed by atoms with Gasteiger partial charge in [-0.25, -0.2) is 0 Å². The summed E-state index contributed by atoms with van der Waals surface area (Å²) in [4.78, 5) is 25.7. The lowest BCUT2D eigenvalue weighted by atomic mass is 9.79. The molecule has 1 aliphatic rings. The molecule has 3 N–H and O–H groups in total. The van der Waals surface area contributed by atoms with E-state index in [1.54, 1.807) is 7.05 Å². The number of hydrogen-bond donors (Lipinski definition) is 3. The molecule has 2 aromatic carbocycles. The first-order chi connectivity index (χ1) is 13.5. The van der Waals surface area contributed by atoms with Crippen molar-refractivity contribution in [1.29, 1.82) is 0 Å². The first-order valence-corrected chi connectivity index (χ1v) is 9.38. The monoisotopic (exact) mass is 413 g/mol. The quantitative estimate of drug-likeness (QED) is 0.612. The summed E-state index contributed by atoms with van der Waals surface area (Å²) >= 11 is 0. The topological polar surface area (TPSA) is 83.4 Å². The van der Waals surface area contributed by atoms with Crippen LogP contribution in [0.25, 0.3) is 10.9 Å². The van der Waals surface area contributed by atoms with Crippen LogP contribution in [0.1, 0.15) is 22.3 Å². The van der Waals surface area contributed by atoms with Gasteiger partial charge in [0, 0.05) is 25.0 Å². The summed E-state index contributed by atoms with van der Waals surface area (Å²) in [7, 11) is 1.69. The van der Waals surface area contributed by atoms with E-state index in [1.807, 2.05) is 54.6 Å². The van der Waals surface area contributed by atoms with Gasteiger partial charge in [0.1, 0.15) is 0 Å². The Morgan fingerprint density at radius 3 is 2.59 bits per heavy atom. The number of β-amino-alcohol motifs (C(OH)–C–C–N with tert-alkyl or cyclic N) is 1. The molecule has 0 bridgehead atoms. The number of aryl methyl sites for hydroxylation is 1. The van der Waals surface area contributed by atoms with Crippen LogP contribution in [-0.2, 0) is 12.6 Å². The molecule has 0 aliphatic carbocycles. The number of aromatic nitrogens is 1. The number of carbonyl (C=O) groups excluding carboxylic acids is 1. The van der Waals surface area contributed by atoms with Crippen LogP contribution in [-0.4, -0.2) is 34.8 Å². The van der Waals surface area contributed by atoms with Gasteiger partial charge >= 0.3 is 0 Å². The van der Waals surface area contributed by atoms with Crippen molar-refractivity contribution in [1.82, 2.24) is 15.2 Å². The van der Waals surface area contributed by atoms with Gasteiger partial charge in [0.15, 0.2) is 0 Å². The molecular formula is C22H24ClN3O3. The van der Waals surface area contributed by atoms with Crippen LogP contribution in [0.3, 0.4) is 0 Å². The summed E-state index contributed by atoms with van der Waals surface area (Å²) in [5.41, 5.74) is 0.708. The Bertz CT molecular complexity index is 1080. The standard InChI is InChI=1S/C22H23N3O3.ClH/c1-25-18-10-6-5-9-16(18)17(13-20(25)27)21(28)24-22(11-12-23-14-19(22)26)15-7-3-2-4-8-15;/h2-10,13,19,23,26H,11-12,14H2,1H3,(H,24,28);1H/t19-,22+;/m1./s1. The van der Waals surface area contributed by atoms with E-state index in [-0.39, 0.29) is 23.9 Å². The summed E-state index contributed by atoms with van der Waals surface area (Å²) in [6.45, 7) is 1.05. The fraction of sp³-hybridized carbons (Fsp3) is 0.273. The molecular weight excluding hydrogens is 390 g/mol. The number of benzene rings is 2. The molecule has 2 heterocycles. The number of piperidine rings is 1. The molecule has 0 saturated carbocycles. The van der Waals surface area contributed by atoms with E-state index >= 15 is 0 Å². The van der Waals surface area contributed by atoms with Gasteiger partial charge in [0.2, 0.25) is 0 Å². The third-order valence-corrected chi connectivity index (χ3v) is 5.63. The van der Waals surface area contributed by atoms with Crippen molar-refractivity contribution in [3.8, 4) is 0 Å². The summed E-state index contributed by atoms with van der Waals surface area (Å²) < 4.78 is 1.53. The van der Waals surface area contributed by atoms with E-state index in [0.717, 1.165) is 5.56 Å². The molecule has 152 valence electrons. The molecule has 1 aromatic heterocycles. The Hall–Kier alpha value is -2.67. The minimum Gasteiger partial charge on any atom is -0.389 e. The largest absolute Gasteiger partial charge is 0.389 e. The number of aliphatic hydroxyl groups excluding tert-OH is 1. The fourth-order valence-corrected chi connectivity index (χ4v) is 4.02. The number of fused-ring (bicyclic) bond motifs is 1. The van der Waals surface area contributed by atoms with Crippen molar-refractivity contribution >= 4 is 29.2 Å². The van der Waals surface area contributed by atoms with Gasteiger partial charge in [-0.2, -0.15) is 0 Å². The number of carbonyl (C=O) groups is 1. The average molecular weight is 414 g/mol. The van der Waals surface area contributed by atoms with E-state index in [4.69, 9.17) is 0 Å². The molecule has 1 amide bonds. The van der Waals surface area contributed by atoms with E-state index in [0.29, 0.717) is 36.0 Å². The summed E-state index contributed by atoms with van der Waals surface area (Å²) in [5, 5.41) is 17.8. The predicted octanol–water partition coefficient (Wildman–Crippen LogP) is 1.94.